The van der Waals surface area contributed by atoms with Crippen molar-refractivity contribution >= 4 is 17.4 Å². The quantitative estimate of drug-likeness (QED) is 0.596. The second-order valence-corrected chi connectivity index (χ2v) is 4.38. The van der Waals surface area contributed by atoms with E-state index in [1.54, 1.807) is 0 Å². The molecule has 0 radical (unpaired) electrons. The summed E-state index contributed by atoms with van der Waals surface area (Å²) < 4.78 is 13.4. The van der Waals surface area contributed by atoms with E-state index in [0.29, 0.717) is 0 Å². The number of nitro groups is 1. The Morgan fingerprint density at radius 3 is 2.82 bits per heavy atom. The monoisotopic (exact) mass is 261 g/mol. The maximum Gasteiger partial charge on any atom is 0.276 e. The lowest BCUT2D eigenvalue weighted by Gasteiger charge is -2.07. The average molecular weight is 261 g/mol. The molecule has 2 N–H and O–H groups in total. The van der Waals surface area contributed by atoms with Crippen LogP contribution in [0.1, 0.15) is 5.56 Å². The van der Waals surface area contributed by atoms with Crippen molar-refractivity contribution < 1.29 is 19.5 Å². The third-order valence-corrected chi connectivity index (χ3v) is 3.17. The van der Waals surface area contributed by atoms with Crippen LogP contribution in [0.15, 0.2) is 18.2 Å². The van der Waals surface area contributed by atoms with Crippen LogP contribution in [0.5, 0.6) is 0 Å². The zero-order valence-corrected chi connectivity index (χ0v) is 9.69. The molecule has 7 heteroatoms. The SMILES string of the molecule is O=[N+]([O-])c1cccc(F)c1CSC[C@@H](O)CO. The second-order valence-electron chi connectivity index (χ2n) is 3.35. The average Bonchev–Trinajstić information content (AvgIpc) is 2.30. The molecule has 94 valence electrons. The van der Waals surface area contributed by atoms with E-state index in [4.69, 9.17) is 10.2 Å². The molecule has 1 rings (SSSR count). The zero-order chi connectivity index (χ0) is 12.8. The van der Waals surface area contributed by atoms with Gasteiger partial charge in [0.2, 0.25) is 0 Å². The standard InChI is InChI=1S/C10H12FNO4S/c11-9-2-1-3-10(12(15)16)8(9)6-17-5-7(14)4-13/h1-3,7,13-14H,4-6H2/t7-/m0/s1. The Labute approximate surface area is 101 Å². The number of rotatable bonds is 6. The summed E-state index contributed by atoms with van der Waals surface area (Å²) in [6, 6.07) is 3.68. The number of hydrogen-bond acceptors (Lipinski definition) is 5. The van der Waals surface area contributed by atoms with Gasteiger partial charge in [-0.15, -0.1) is 0 Å². The van der Waals surface area contributed by atoms with Gasteiger partial charge in [-0.2, -0.15) is 11.8 Å². The summed E-state index contributed by atoms with van der Waals surface area (Å²) in [7, 11) is 0. The molecule has 0 bridgehead atoms. The molecule has 0 aliphatic heterocycles. The Bertz CT molecular complexity index is 402. The first-order valence-electron chi connectivity index (χ1n) is 4.84. The smallest absolute Gasteiger partial charge is 0.276 e. The van der Waals surface area contributed by atoms with Crippen LogP contribution in [-0.4, -0.2) is 33.6 Å². The van der Waals surface area contributed by atoms with E-state index in [2.05, 4.69) is 0 Å². The number of aliphatic hydroxyl groups is 2. The molecule has 0 amide bonds. The summed E-state index contributed by atoms with van der Waals surface area (Å²) in [6.07, 6.45) is -0.897. The van der Waals surface area contributed by atoms with Crippen molar-refractivity contribution in [1.82, 2.24) is 0 Å². The van der Waals surface area contributed by atoms with E-state index in [1.165, 1.54) is 12.1 Å². The highest BCUT2D eigenvalue weighted by molar-refractivity contribution is 7.98. The van der Waals surface area contributed by atoms with Crippen LogP contribution in [0, 0.1) is 15.9 Å². The summed E-state index contributed by atoms with van der Waals surface area (Å²) in [5, 5.41) is 28.3. The minimum absolute atomic E-state index is 0.00707. The molecule has 1 aromatic rings. The number of halogens is 1. The summed E-state index contributed by atoms with van der Waals surface area (Å²) in [5.74, 6) is -0.354. The summed E-state index contributed by atoms with van der Waals surface area (Å²) in [6.45, 7) is -0.383. The molecule has 1 atom stereocenters. The Morgan fingerprint density at radius 2 is 2.24 bits per heavy atom. The summed E-state index contributed by atoms with van der Waals surface area (Å²) >= 11 is 1.13. The van der Waals surface area contributed by atoms with Crippen LogP contribution in [0.3, 0.4) is 0 Å². The lowest BCUT2D eigenvalue weighted by atomic mass is 10.2. The van der Waals surface area contributed by atoms with E-state index in [-0.39, 0.29) is 29.4 Å². The molecule has 0 aromatic heterocycles. The minimum atomic E-state index is -0.897. The zero-order valence-electron chi connectivity index (χ0n) is 8.88. The van der Waals surface area contributed by atoms with E-state index >= 15 is 0 Å². The number of benzene rings is 1. The number of nitrogens with zero attached hydrogens (tertiary/aromatic N) is 1. The second kappa shape index (κ2) is 6.53. The van der Waals surface area contributed by atoms with E-state index < -0.39 is 16.8 Å². The van der Waals surface area contributed by atoms with E-state index in [0.717, 1.165) is 17.8 Å². The van der Waals surface area contributed by atoms with Gasteiger partial charge in [-0.1, -0.05) is 6.07 Å². The fourth-order valence-electron chi connectivity index (χ4n) is 1.21. The molecule has 5 nitrogen and oxygen atoms in total. The molecule has 0 spiro atoms. The molecule has 0 unspecified atom stereocenters. The number of aliphatic hydroxyl groups excluding tert-OH is 2. The largest absolute Gasteiger partial charge is 0.394 e. The lowest BCUT2D eigenvalue weighted by Crippen LogP contribution is -2.14. The molecule has 0 heterocycles. The van der Waals surface area contributed by atoms with Gasteiger partial charge in [-0.25, -0.2) is 4.39 Å². The van der Waals surface area contributed by atoms with Gasteiger partial charge in [0, 0.05) is 17.6 Å². The van der Waals surface area contributed by atoms with Crippen LogP contribution in [-0.2, 0) is 5.75 Å². The Hall–Kier alpha value is -1.18. The molecular formula is C10H12FNO4S. The van der Waals surface area contributed by atoms with Crippen molar-refractivity contribution in [3.8, 4) is 0 Å². The maximum absolute atomic E-state index is 13.4. The summed E-state index contributed by atoms with van der Waals surface area (Å²) in [5.41, 5.74) is -0.261. The first kappa shape index (κ1) is 13.9. The van der Waals surface area contributed by atoms with Gasteiger partial charge < -0.3 is 10.2 Å². The number of nitro benzene ring substituents is 1. The van der Waals surface area contributed by atoms with Crippen molar-refractivity contribution in [1.29, 1.82) is 0 Å². The van der Waals surface area contributed by atoms with Gasteiger partial charge in [-0.05, 0) is 6.07 Å². The molecule has 17 heavy (non-hydrogen) atoms. The Balaban J connectivity index is 2.72. The van der Waals surface area contributed by atoms with Crippen LogP contribution >= 0.6 is 11.8 Å². The Kier molecular flexibility index (Phi) is 5.33. The molecular weight excluding hydrogens is 249 g/mol. The topological polar surface area (TPSA) is 83.6 Å². The number of thioether (sulfide) groups is 1. The highest BCUT2D eigenvalue weighted by Crippen LogP contribution is 2.25. The normalized spacial score (nSPS) is 12.4. The van der Waals surface area contributed by atoms with E-state index in [1.807, 2.05) is 0 Å². The van der Waals surface area contributed by atoms with Crippen molar-refractivity contribution in [2.75, 3.05) is 12.4 Å². The predicted molar refractivity (Wildman–Crippen MR) is 62.3 cm³/mol. The third-order valence-electron chi connectivity index (χ3n) is 2.06. The molecule has 0 aliphatic rings. The van der Waals surface area contributed by atoms with Crippen LogP contribution < -0.4 is 0 Å². The molecule has 0 saturated carbocycles. The fourth-order valence-corrected chi connectivity index (χ4v) is 2.20. The Morgan fingerprint density at radius 1 is 1.53 bits per heavy atom. The fraction of sp³-hybridized carbons (Fsp3) is 0.400. The molecule has 0 saturated heterocycles. The van der Waals surface area contributed by atoms with Crippen molar-refractivity contribution in [2.24, 2.45) is 0 Å². The van der Waals surface area contributed by atoms with Gasteiger partial charge >= 0.3 is 0 Å². The first-order chi connectivity index (χ1) is 8.06. The first-order valence-corrected chi connectivity index (χ1v) is 6.00. The van der Waals surface area contributed by atoms with Gasteiger partial charge in [0.05, 0.1) is 23.2 Å². The van der Waals surface area contributed by atoms with Gasteiger partial charge in [0.25, 0.3) is 5.69 Å². The maximum atomic E-state index is 13.4. The highest BCUT2D eigenvalue weighted by Gasteiger charge is 2.17. The van der Waals surface area contributed by atoms with Gasteiger partial charge in [0.15, 0.2) is 0 Å². The predicted octanol–water partition coefficient (Wildman–Crippen LogP) is 1.32. The number of hydrogen-bond donors (Lipinski definition) is 2. The van der Waals surface area contributed by atoms with Crippen LogP contribution in [0.25, 0.3) is 0 Å². The van der Waals surface area contributed by atoms with Crippen molar-refractivity contribution in [3.63, 3.8) is 0 Å². The third kappa shape index (κ3) is 3.95. The van der Waals surface area contributed by atoms with Crippen molar-refractivity contribution in [3.05, 3.63) is 39.7 Å². The highest BCUT2D eigenvalue weighted by atomic mass is 32.2. The molecule has 0 fully saturated rings. The van der Waals surface area contributed by atoms with Gasteiger partial charge in [-0.3, -0.25) is 10.1 Å². The molecule has 1 aromatic carbocycles. The lowest BCUT2D eigenvalue weighted by molar-refractivity contribution is -0.385. The minimum Gasteiger partial charge on any atom is -0.394 e. The molecule has 0 aliphatic carbocycles. The van der Waals surface area contributed by atoms with Crippen LogP contribution in [0.2, 0.25) is 0 Å². The van der Waals surface area contributed by atoms with Crippen molar-refractivity contribution in [2.45, 2.75) is 11.9 Å². The van der Waals surface area contributed by atoms with Crippen LogP contribution in [0.4, 0.5) is 10.1 Å². The summed E-state index contributed by atoms with van der Waals surface area (Å²) in [4.78, 5) is 10.0. The van der Waals surface area contributed by atoms with Gasteiger partial charge in [0.1, 0.15) is 5.82 Å². The van der Waals surface area contributed by atoms with E-state index in [9.17, 15) is 14.5 Å².